The number of pyridine rings is 1. The maximum absolute atomic E-state index is 15.0. The first-order chi connectivity index (χ1) is 49.7. The number of hydrogen-bond donors (Lipinski definition) is 13. The Morgan fingerprint density at radius 3 is 1.87 bits per heavy atom. The number of aliphatic imine (C=N–C) groups is 1. The Hall–Kier alpha value is -10.6. The molecular formula is C72H92ClN17O14. The van der Waals surface area contributed by atoms with Gasteiger partial charge in [-0.3, -0.25) is 67.6 Å². The van der Waals surface area contributed by atoms with E-state index in [2.05, 4.69) is 57.4 Å². The minimum absolute atomic E-state index is 0.0444. The third-order valence-corrected chi connectivity index (χ3v) is 18.3. The van der Waals surface area contributed by atoms with Crippen LogP contribution in [0.4, 0.5) is 4.79 Å². The molecule has 0 bridgehead atoms. The molecule has 3 aliphatic heterocycles. The molecule has 3 aliphatic rings. The number of urea groups is 1. The van der Waals surface area contributed by atoms with E-state index in [9.17, 15) is 62.6 Å². The summed E-state index contributed by atoms with van der Waals surface area (Å²) in [6.45, 7) is 7.02. The Morgan fingerprint density at radius 2 is 1.22 bits per heavy atom. The number of benzene rings is 4. The summed E-state index contributed by atoms with van der Waals surface area (Å²) in [5, 5.41) is 34.1. The molecule has 32 heteroatoms. The SMILES string of the molecule is CC(C)C[C@H](NC(=O)[C@@H](CC(N)=O)NC(=O)[C@H](Cc1ccc(CN2CCOCC2)cc1)NC(=O)[C@H](CO)NC(=O)[C@@H](Cc1cccnc1)NC(=O)C(Cc1ccc(Cl)cc1)N1C(=O)NC(Cc2ccc3ccccc3c2)C1=O)C(=O)N[C@@H](CCCN=C(N)N)C(=O)N1CCC[C@H]1C(=O)N[C@H](C)C(N)=O. The molecule has 1 aromatic heterocycles. The summed E-state index contributed by atoms with van der Waals surface area (Å²) in [6, 6.07) is 14.6. The van der Waals surface area contributed by atoms with Crippen LogP contribution in [0.2, 0.25) is 5.02 Å². The van der Waals surface area contributed by atoms with E-state index in [1.54, 1.807) is 62.4 Å². The van der Waals surface area contributed by atoms with Crippen molar-refractivity contribution >= 4 is 99.3 Å². The molecule has 8 rings (SSSR count). The van der Waals surface area contributed by atoms with Gasteiger partial charge in [0.2, 0.25) is 59.1 Å². The Balaban J connectivity index is 1.03. The lowest BCUT2D eigenvalue weighted by atomic mass is 10.00. The van der Waals surface area contributed by atoms with Crippen LogP contribution < -0.4 is 65.5 Å². The number of nitrogens with zero attached hydrogens (tertiary/aromatic N) is 5. The number of carbonyl (C=O) groups excluding carboxylic acids is 12. The van der Waals surface area contributed by atoms with Crippen molar-refractivity contribution in [2.45, 2.75) is 152 Å². The molecule has 104 heavy (non-hydrogen) atoms. The highest BCUT2D eigenvalue weighted by Crippen LogP contribution is 2.25. The van der Waals surface area contributed by atoms with Crippen molar-refractivity contribution in [2.75, 3.05) is 46.0 Å². The summed E-state index contributed by atoms with van der Waals surface area (Å²) in [7, 11) is 0. The van der Waals surface area contributed by atoms with Gasteiger partial charge in [0.05, 0.1) is 26.2 Å². The van der Waals surface area contributed by atoms with Gasteiger partial charge in [-0.15, -0.1) is 0 Å². The fraction of sp³-hybridized carbons (Fsp3) is 0.444. The Bertz CT molecular complexity index is 3920. The van der Waals surface area contributed by atoms with Crippen molar-refractivity contribution in [3.63, 3.8) is 0 Å². The third kappa shape index (κ3) is 22.9. The molecule has 5 aromatic rings. The van der Waals surface area contributed by atoms with E-state index in [-0.39, 0.29) is 76.3 Å². The molecule has 10 atom stereocenters. The number of nitrogens with one attached hydrogen (secondary N) is 8. The van der Waals surface area contributed by atoms with Crippen molar-refractivity contribution < 1.29 is 67.4 Å². The monoisotopic (exact) mass is 1450 g/mol. The summed E-state index contributed by atoms with van der Waals surface area (Å²) in [4.78, 5) is 182. The van der Waals surface area contributed by atoms with Gasteiger partial charge in [-0.1, -0.05) is 110 Å². The van der Waals surface area contributed by atoms with E-state index < -0.39 is 144 Å². The van der Waals surface area contributed by atoms with Gasteiger partial charge in [0, 0.05) is 75.8 Å². The fourth-order valence-corrected chi connectivity index (χ4v) is 12.6. The molecule has 31 nitrogen and oxygen atoms in total. The van der Waals surface area contributed by atoms with Gasteiger partial charge in [0.15, 0.2) is 5.96 Å². The summed E-state index contributed by atoms with van der Waals surface area (Å²) < 4.78 is 5.51. The number of carbonyl (C=O) groups is 12. The number of ether oxygens (including phenoxy) is 1. The molecule has 3 saturated heterocycles. The second kappa shape index (κ2) is 38.0. The molecule has 0 aliphatic carbocycles. The van der Waals surface area contributed by atoms with Crippen LogP contribution in [0, 0.1) is 5.92 Å². The van der Waals surface area contributed by atoms with E-state index in [0.29, 0.717) is 61.0 Å². The van der Waals surface area contributed by atoms with Crippen LogP contribution in [-0.4, -0.2) is 208 Å². The first-order valence-corrected chi connectivity index (χ1v) is 34.9. The number of nitrogens with two attached hydrogens (primary N) is 4. The van der Waals surface area contributed by atoms with E-state index in [4.69, 9.17) is 39.3 Å². The van der Waals surface area contributed by atoms with Gasteiger partial charge in [-0.2, -0.15) is 0 Å². The average molecular weight is 1460 g/mol. The van der Waals surface area contributed by atoms with Crippen molar-refractivity contribution in [3.05, 3.63) is 148 Å². The van der Waals surface area contributed by atoms with Crippen molar-refractivity contribution in [1.82, 2.24) is 62.2 Å². The normalized spacial score (nSPS) is 17.6. The molecule has 2 unspecified atom stereocenters. The van der Waals surface area contributed by atoms with Gasteiger partial charge in [0.1, 0.15) is 60.4 Å². The molecule has 0 spiro atoms. The number of fused-ring (bicyclic) bond motifs is 1. The number of halogens is 1. The van der Waals surface area contributed by atoms with Gasteiger partial charge < -0.3 is 80.2 Å². The quantitative estimate of drug-likeness (QED) is 0.0100. The minimum Gasteiger partial charge on any atom is -0.394 e. The predicted octanol–water partition coefficient (Wildman–Crippen LogP) is -0.863. The fourth-order valence-electron chi connectivity index (χ4n) is 12.5. The van der Waals surface area contributed by atoms with Gasteiger partial charge in [0.25, 0.3) is 5.91 Å². The number of likely N-dealkylation sites (tertiary alicyclic amines) is 1. The second-order valence-electron chi connectivity index (χ2n) is 26.5. The molecule has 13 amide bonds. The number of morpholine rings is 1. The lowest BCUT2D eigenvalue weighted by Crippen LogP contribution is -2.61. The number of imide groups is 1. The van der Waals surface area contributed by atoms with Crippen LogP contribution in [0.1, 0.15) is 87.1 Å². The predicted molar refractivity (Wildman–Crippen MR) is 383 cm³/mol. The highest BCUT2D eigenvalue weighted by atomic mass is 35.5. The molecule has 4 heterocycles. The number of aliphatic hydroxyl groups is 1. The van der Waals surface area contributed by atoms with E-state index in [1.165, 1.54) is 24.2 Å². The van der Waals surface area contributed by atoms with Gasteiger partial charge in [-0.05, 0) is 102 Å². The van der Waals surface area contributed by atoms with E-state index >= 15 is 0 Å². The average Bonchev–Trinajstić information content (AvgIpc) is 1.59. The van der Waals surface area contributed by atoms with Crippen LogP contribution in [-0.2, 0) is 89.7 Å². The highest BCUT2D eigenvalue weighted by Gasteiger charge is 2.46. The maximum atomic E-state index is 15.0. The van der Waals surface area contributed by atoms with Gasteiger partial charge in [-0.25, -0.2) is 9.69 Å². The van der Waals surface area contributed by atoms with Gasteiger partial charge >= 0.3 is 6.03 Å². The van der Waals surface area contributed by atoms with Crippen LogP contribution >= 0.6 is 11.6 Å². The molecule has 0 radical (unpaired) electrons. The van der Waals surface area contributed by atoms with Crippen molar-refractivity contribution in [1.29, 1.82) is 0 Å². The number of amides is 13. The molecule has 17 N–H and O–H groups in total. The van der Waals surface area contributed by atoms with Crippen LogP contribution in [0.15, 0.2) is 121 Å². The number of aromatic nitrogens is 1. The lowest BCUT2D eigenvalue weighted by molar-refractivity contribution is -0.142. The van der Waals surface area contributed by atoms with Crippen LogP contribution in [0.3, 0.4) is 0 Å². The first-order valence-electron chi connectivity index (χ1n) is 34.5. The molecule has 4 aromatic carbocycles. The van der Waals surface area contributed by atoms with E-state index in [1.807, 2.05) is 54.6 Å². The topological polar surface area (TPSA) is 470 Å². The second-order valence-corrected chi connectivity index (χ2v) is 27.0. The summed E-state index contributed by atoms with van der Waals surface area (Å²) in [5.74, 6) is -10.6. The Kier molecular flexibility index (Phi) is 28.9. The summed E-state index contributed by atoms with van der Waals surface area (Å²) in [6.07, 6.45) is 2.02. The van der Waals surface area contributed by atoms with Crippen molar-refractivity contribution in [2.24, 2.45) is 33.8 Å². The van der Waals surface area contributed by atoms with Crippen LogP contribution in [0.25, 0.3) is 10.8 Å². The molecule has 556 valence electrons. The minimum atomic E-state index is -1.87. The largest absolute Gasteiger partial charge is 0.394 e. The number of rotatable bonds is 36. The number of aliphatic hydroxyl groups excluding tert-OH is 1. The summed E-state index contributed by atoms with van der Waals surface area (Å²) in [5.41, 5.74) is 25.3. The Labute approximate surface area is 606 Å². The van der Waals surface area contributed by atoms with E-state index in [0.717, 1.165) is 26.8 Å². The molecule has 3 fully saturated rings. The number of primary amides is 2. The zero-order valence-electron chi connectivity index (χ0n) is 58.2. The molecular weight excluding hydrogens is 1360 g/mol. The third-order valence-electron chi connectivity index (χ3n) is 18.0. The molecule has 0 saturated carbocycles. The standard InChI is InChI=1S/C72H92ClN17O14/c1-41(2)31-52(62(94)81-51(12-7-25-79-71(76)77)69(101)89-26-8-13-58(89)67(99)80-42(3)61(75)93)82-65(97)55(37-60(74)92)84-63(95)53(33-43-14-16-45(17-15-43)39-88-27-29-104-30-28-88)83-66(98)57(40-91)86-64(96)54(35-47-9-6-24-78-38-47)85-68(100)59(36-44-19-22-50(73)23-20-44)90-70(102)56(87-72(90)103)34-46-18-21-48-10-4-5-11-49(48)32-46/h4-6,9-11,14-24,32,38,41-42,51-59,91H,7-8,12-13,25-31,33-37,39-40H2,1-3H3,(H2,74,92)(H2,75,93)(H,80,99)(H,81,94)(H,82,97)(H,83,98)(H,84,95)(H,85,100)(H,86,96)(H,87,103)(H4,76,77,79)/t42-,51+,52+,53+,54-,55-,56?,57+,58+,59?/m1/s1. The maximum Gasteiger partial charge on any atom is 0.325 e. The Morgan fingerprint density at radius 1 is 0.644 bits per heavy atom. The van der Waals surface area contributed by atoms with Crippen LogP contribution in [0.5, 0.6) is 0 Å². The highest BCUT2D eigenvalue weighted by molar-refractivity contribution is 6.30. The summed E-state index contributed by atoms with van der Waals surface area (Å²) >= 11 is 6.24. The number of hydrogen-bond acceptors (Lipinski definition) is 17. The zero-order valence-corrected chi connectivity index (χ0v) is 59.0. The number of guanidine groups is 1. The lowest BCUT2D eigenvalue weighted by Gasteiger charge is -2.31. The zero-order chi connectivity index (χ0) is 75.1. The van der Waals surface area contributed by atoms with Crippen molar-refractivity contribution in [3.8, 4) is 0 Å². The smallest absolute Gasteiger partial charge is 0.325 e. The first kappa shape index (κ1) is 79.1.